The van der Waals surface area contributed by atoms with Crippen molar-refractivity contribution >= 4 is 17.2 Å². The Bertz CT molecular complexity index is 1110. The number of piperidine rings is 1. The smallest absolute Gasteiger partial charge is 0.238 e. The average Bonchev–Trinajstić information content (AvgIpc) is 2.92. The lowest BCUT2D eigenvalue weighted by Gasteiger charge is -2.34. The van der Waals surface area contributed by atoms with Crippen LogP contribution in [-0.2, 0) is 11.2 Å². The zero-order valence-corrected chi connectivity index (χ0v) is 22.8. The monoisotopic (exact) mass is 502 g/mol. The minimum atomic E-state index is 0.0849. The van der Waals surface area contributed by atoms with E-state index >= 15 is 0 Å². The quantitative estimate of drug-likeness (QED) is 0.605. The Morgan fingerprint density at radius 1 is 0.946 bits per heavy atom. The summed E-state index contributed by atoms with van der Waals surface area (Å²) in [7, 11) is 3.91. The number of amides is 1. The Labute approximate surface area is 222 Å². The molecule has 2 aliphatic heterocycles. The topological polar surface area (TPSA) is 48.1 Å². The van der Waals surface area contributed by atoms with Crippen molar-refractivity contribution in [2.75, 3.05) is 71.8 Å². The first kappa shape index (κ1) is 26.0. The molecular formula is C31H42N4O2. The minimum absolute atomic E-state index is 0.0849. The van der Waals surface area contributed by atoms with Crippen LogP contribution in [0.1, 0.15) is 48.8 Å². The Hall–Kier alpha value is -2.67. The number of allylic oxidation sites excluding steroid dienone is 1. The second-order valence-corrected chi connectivity index (χ2v) is 11.1. The molecular weight excluding hydrogens is 460 g/mol. The summed E-state index contributed by atoms with van der Waals surface area (Å²) >= 11 is 0. The molecule has 1 N–H and O–H groups in total. The molecule has 37 heavy (non-hydrogen) atoms. The molecule has 0 saturated carbocycles. The minimum Gasteiger partial charge on any atom is -0.497 e. The molecule has 2 heterocycles. The number of rotatable bonds is 7. The molecule has 5 rings (SSSR count). The summed E-state index contributed by atoms with van der Waals surface area (Å²) in [5.74, 6) is 1.54. The standard InChI is InChI=1S/C31H42N4O2/c1-23-27(21-35-18-16-33(2)17-19-35)5-4-26-20-28(8-11-30(23)26)32-31(36)22-34-14-12-25(13-15-34)24-6-9-29(37-3)10-7-24/h6-11,20,25H,4-5,12-19,21-22H2,1-3H3,(H,32,36). The van der Waals surface area contributed by atoms with Gasteiger partial charge in [-0.2, -0.15) is 0 Å². The van der Waals surface area contributed by atoms with Gasteiger partial charge in [0, 0.05) is 38.4 Å². The first-order valence-corrected chi connectivity index (χ1v) is 13.9. The third-order valence-electron chi connectivity index (χ3n) is 8.57. The molecule has 3 aliphatic rings. The van der Waals surface area contributed by atoms with E-state index in [1.807, 2.05) is 12.1 Å². The van der Waals surface area contributed by atoms with Crippen molar-refractivity contribution in [3.8, 4) is 5.75 Å². The maximum atomic E-state index is 12.8. The number of anilines is 1. The number of carbonyl (C=O) groups excluding carboxylic acids is 1. The number of aryl methyl sites for hydroxylation is 1. The number of nitrogens with one attached hydrogen (secondary N) is 1. The van der Waals surface area contributed by atoms with E-state index in [0.717, 1.165) is 82.9 Å². The van der Waals surface area contributed by atoms with E-state index in [1.54, 1.807) is 12.7 Å². The van der Waals surface area contributed by atoms with Gasteiger partial charge in [0.05, 0.1) is 13.7 Å². The Balaban J connectivity index is 1.12. The van der Waals surface area contributed by atoms with Crippen molar-refractivity contribution in [1.29, 1.82) is 0 Å². The van der Waals surface area contributed by atoms with Crippen molar-refractivity contribution in [1.82, 2.24) is 14.7 Å². The fourth-order valence-corrected chi connectivity index (χ4v) is 6.09. The number of carbonyl (C=O) groups is 1. The number of hydrogen-bond donors (Lipinski definition) is 1. The number of likely N-dealkylation sites (N-methyl/N-ethyl adjacent to an activating group) is 1. The van der Waals surface area contributed by atoms with E-state index < -0.39 is 0 Å². The molecule has 0 aromatic heterocycles. The number of ether oxygens (including phenoxy) is 1. The molecule has 0 bridgehead atoms. The molecule has 2 saturated heterocycles. The van der Waals surface area contributed by atoms with Crippen molar-refractivity contribution in [3.05, 3.63) is 64.7 Å². The normalized spacial score (nSPS) is 20.1. The van der Waals surface area contributed by atoms with Crippen LogP contribution in [0.5, 0.6) is 5.75 Å². The van der Waals surface area contributed by atoms with Gasteiger partial charge >= 0.3 is 0 Å². The summed E-state index contributed by atoms with van der Waals surface area (Å²) in [6.07, 6.45) is 4.34. The number of piperazine rings is 1. The maximum Gasteiger partial charge on any atom is 0.238 e. The van der Waals surface area contributed by atoms with Crippen LogP contribution < -0.4 is 10.1 Å². The highest BCUT2D eigenvalue weighted by Gasteiger charge is 2.23. The largest absolute Gasteiger partial charge is 0.497 e. The second kappa shape index (κ2) is 11.8. The molecule has 1 amide bonds. The number of nitrogens with zero attached hydrogens (tertiary/aromatic N) is 3. The Morgan fingerprint density at radius 3 is 2.38 bits per heavy atom. The van der Waals surface area contributed by atoms with Crippen LogP contribution in [0.2, 0.25) is 0 Å². The number of likely N-dealkylation sites (tertiary alicyclic amines) is 1. The SMILES string of the molecule is COc1ccc(C2CCN(CC(=O)Nc3ccc4c(c3)CCC(CN3CCN(C)CC3)=C4C)CC2)cc1. The van der Waals surface area contributed by atoms with Gasteiger partial charge in [0.1, 0.15) is 5.75 Å². The third-order valence-corrected chi connectivity index (χ3v) is 8.57. The van der Waals surface area contributed by atoms with Crippen LogP contribution in [-0.4, -0.2) is 87.1 Å². The average molecular weight is 503 g/mol. The number of fused-ring (bicyclic) bond motifs is 1. The van der Waals surface area contributed by atoms with Gasteiger partial charge in [0.2, 0.25) is 5.91 Å². The zero-order chi connectivity index (χ0) is 25.8. The molecule has 2 aromatic carbocycles. The highest BCUT2D eigenvalue weighted by Crippen LogP contribution is 2.33. The van der Waals surface area contributed by atoms with Crippen molar-refractivity contribution in [3.63, 3.8) is 0 Å². The summed E-state index contributed by atoms with van der Waals surface area (Å²) < 4.78 is 5.28. The molecule has 0 radical (unpaired) electrons. The lowest BCUT2D eigenvalue weighted by atomic mass is 9.85. The van der Waals surface area contributed by atoms with Gasteiger partial charge in [-0.1, -0.05) is 23.8 Å². The van der Waals surface area contributed by atoms with Crippen molar-refractivity contribution in [2.24, 2.45) is 0 Å². The van der Waals surface area contributed by atoms with Gasteiger partial charge in [-0.15, -0.1) is 0 Å². The Kier molecular flexibility index (Phi) is 8.28. The van der Waals surface area contributed by atoms with Crippen LogP contribution in [0, 0.1) is 0 Å². The van der Waals surface area contributed by atoms with Crippen molar-refractivity contribution < 1.29 is 9.53 Å². The van der Waals surface area contributed by atoms with Crippen LogP contribution in [0.4, 0.5) is 5.69 Å². The molecule has 2 fully saturated rings. The molecule has 1 aliphatic carbocycles. The van der Waals surface area contributed by atoms with Crippen molar-refractivity contribution in [2.45, 2.75) is 38.5 Å². The van der Waals surface area contributed by atoms with Gasteiger partial charge in [0.25, 0.3) is 0 Å². The van der Waals surface area contributed by atoms with E-state index in [9.17, 15) is 4.79 Å². The van der Waals surface area contributed by atoms with Gasteiger partial charge in [0.15, 0.2) is 0 Å². The zero-order valence-electron chi connectivity index (χ0n) is 22.8. The molecule has 2 aromatic rings. The highest BCUT2D eigenvalue weighted by molar-refractivity contribution is 5.92. The van der Waals surface area contributed by atoms with E-state index in [0.29, 0.717) is 12.5 Å². The summed E-state index contributed by atoms with van der Waals surface area (Å²) in [5.41, 5.74) is 8.01. The summed E-state index contributed by atoms with van der Waals surface area (Å²) in [5, 5.41) is 3.17. The fraction of sp³-hybridized carbons (Fsp3) is 0.516. The maximum absolute atomic E-state index is 12.8. The molecule has 0 atom stereocenters. The van der Waals surface area contributed by atoms with Gasteiger partial charge in [-0.05, 0) is 105 Å². The van der Waals surface area contributed by atoms with E-state index in [2.05, 4.69) is 64.3 Å². The van der Waals surface area contributed by atoms with Crippen LogP contribution in [0.3, 0.4) is 0 Å². The van der Waals surface area contributed by atoms with Crippen LogP contribution in [0.15, 0.2) is 48.0 Å². The molecule has 0 spiro atoms. The van der Waals surface area contributed by atoms with Gasteiger partial charge in [-0.25, -0.2) is 0 Å². The lowest BCUT2D eigenvalue weighted by molar-refractivity contribution is -0.117. The molecule has 6 nitrogen and oxygen atoms in total. The molecule has 6 heteroatoms. The van der Waals surface area contributed by atoms with Crippen LogP contribution >= 0.6 is 0 Å². The third kappa shape index (κ3) is 6.43. The molecule has 198 valence electrons. The highest BCUT2D eigenvalue weighted by atomic mass is 16.5. The predicted molar refractivity (Wildman–Crippen MR) is 151 cm³/mol. The number of benzene rings is 2. The van der Waals surface area contributed by atoms with E-state index in [-0.39, 0.29) is 5.91 Å². The lowest BCUT2D eigenvalue weighted by Crippen LogP contribution is -2.45. The molecule has 0 unspecified atom stereocenters. The van der Waals surface area contributed by atoms with Crippen LogP contribution in [0.25, 0.3) is 5.57 Å². The first-order valence-electron chi connectivity index (χ1n) is 13.9. The predicted octanol–water partition coefficient (Wildman–Crippen LogP) is 4.48. The number of hydrogen-bond acceptors (Lipinski definition) is 5. The summed E-state index contributed by atoms with van der Waals surface area (Å²) in [4.78, 5) is 20.1. The van der Waals surface area contributed by atoms with Gasteiger partial charge in [-0.3, -0.25) is 14.6 Å². The number of methoxy groups -OCH3 is 1. The second-order valence-electron chi connectivity index (χ2n) is 11.1. The summed E-state index contributed by atoms with van der Waals surface area (Å²) in [6.45, 7) is 10.4. The van der Waals surface area contributed by atoms with Gasteiger partial charge < -0.3 is 15.0 Å². The Morgan fingerprint density at radius 2 is 1.68 bits per heavy atom. The fourth-order valence-electron chi connectivity index (χ4n) is 6.09. The first-order chi connectivity index (χ1) is 18.0. The summed E-state index contributed by atoms with van der Waals surface area (Å²) in [6, 6.07) is 14.9. The van der Waals surface area contributed by atoms with E-state index in [1.165, 1.54) is 22.3 Å². The van der Waals surface area contributed by atoms with E-state index in [4.69, 9.17) is 4.74 Å².